The van der Waals surface area contributed by atoms with E-state index in [4.69, 9.17) is 16.7 Å². The molecule has 0 radical (unpaired) electrons. The fraction of sp³-hybridized carbons (Fsp3) is 0.294. The number of fused-ring (bicyclic) bond motifs is 1. The third kappa shape index (κ3) is 3.41. The first kappa shape index (κ1) is 17.2. The summed E-state index contributed by atoms with van der Waals surface area (Å²) in [5.74, 6) is -3.27. The van der Waals surface area contributed by atoms with Crippen molar-refractivity contribution in [2.75, 3.05) is 11.9 Å². The molecule has 1 aromatic rings. The van der Waals surface area contributed by atoms with Crippen LogP contribution in [0.1, 0.15) is 23.2 Å². The number of halogens is 1. The SMILES string of the molecule is O=C(CN1C(=O)[C@H]2CC(Cl)=CC[C@H]2C1=O)Nc1ccc(C(=O)O)cc1. The lowest BCUT2D eigenvalue weighted by Gasteiger charge is -2.17. The predicted octanol–water partition coefficient (Wildman–Crippen LogP) is 1.84. The standard InChI is InChI=1S/C17H15ClN2O5/c18-10-3-6-12-13(7-10)16(23)20(15(12)22)8-14(21)19-11-4-1-9(2-5-11)17(24)25/h1-5,12-13H,6-8H2,(H,19,21)(H,24,25)/t12-,13+/m1/s1. The van der Waals surface area contributed by atoms with Crippen molar-refractivity contribution in [2.45, 2.75) is 12.8 Å². The Morgan fingerprint density at radius 3 is 2.44 bits per heavy atom. The van der Waals surface area contributed by atoms with Gasteiger partial charge in [-0.3, -0.25) is 19.3 Å². The van der Waals surface area contributed by atoms with Gasteiger partial charge in [0.25, 0.3) is 0 Å². The maximum atomic E-state index is 12.4. The summed E-state index contributed by atoms with van der Waals surface area (Å²) in [6.45, 7) is -0.372. The normalized spacial score (nSPS) is 22.4. The minimum absolute atomic E-state index is 0.0938. The minimum Gasteiger partial charge on any atom is -0.478 e. The molecule has 1 aromatic carbocycles. The molecule has 3 rings (SSSR count). The first-order valence-electron chi connectivity index (χ1n) is 7.70. The number of amides is 3. The van der Waals surface area contributed by atoms with Gasteiger partial charge in [0.2, 0.25) is 17.7 Å². The highest BCUT2D eigenvalue weighted by atomic mass is 35.5. The molecule has 2 atom stereocenters. The molecule has 0 unspecified atom stereocenters. The van der Waals surface area contributed by atoms with E-state index in [0.717, 1.165) is 4.90 Å². The van der Waals surface area contributed by atoms with Gasteiger partial charge >= 0.3 is 5.97 Å². The smallest absolute Gasteiger partial charge is 0.335 e. The van der Waals surface area contributed by atoms with Crippen LogP contribution in [0.3, 0.4) is 0 Å². The number of nitrogens with zero attached hydrogens (tertiary/aromatic N) is 1. The largest absolute Gasteiger partial charge is 0.478 e. The Balaban J connectivity index is 1.64. The van der Waals surface area contributed by atoms with E-state index in [0.29, 0.717) is 23.6 Å². The van der Waals surface area contributed by atoms with Crippen LogP contribution in [0, 0.1) is 11.8 Å². The molecule has 1 saturated heterocycles. The van der Waals surface area contributed by atoms with E-state index in [2.05, 4.69) is 5.32 Å². The summed E-state index contributed by atoms with van der Waals surface area (Å²) in [4.78, 5) is 48.6. The lowest BCUT2D eigenvalue weighted by atomic mass is 9.85. The van der Waals surface area contributed by atoms with Crippen molar-refractivity contribution in [3.05, 3.63) is 40.9 Å². The summed E-state index contributed by atoms with van der Waals surface area (Å²) < 4.78 is 0. The van der Waals surface area contributed by atoms with E-state index in [-0.39, 0.29) is 23.9 Å². The predicted molar refractivity (Wildman–Crippen MR) is 88.9 cm³/mol. The molecule has 0 aromatic heterocycles. The second-order valence-corrected chi connectivity index (χ2v) is 6.48. The highest BCUT2D eigenvalue weighted by Gasteiger charge is 2.48. The summed E-state index contributed by atoms with van der Waals surface area (Å²) in [7, 11) is 0. The second-order valence-electron chi connectivity index (χ2n) is 6.00. The average Bonchev–Trinajstić information content (AvgIpc) is 2.80. The van der Waals surface area contributed by atoms with E-state index >= 15 is 0 Å². The maximum Gasteiger partial charge on any atom is 0.335 e. The molecule has 7 nitrogen and oxygen atoms in total. The number of likely N-dealkylation sites (tertiary alicyclic amines) is 1. The van der Waals surface area contributed by atoms with Crippen molar-refractivity contribution in [1.82, 2.24) is 4.90 Å². The van der Waals surface area contributed by atoms with Crippen LogP contribution >= 0.6 is 11.6 Å². The molecule has 0 saturated carbocycles. The zero-order chi connectivity index (χ0) is 18.1. The summed E-state index contributed by atoms with van der Waals surface area (Å²) in [6.07, 6.45) is 2.47. The van der Waals surface area contributed by atoms with Crippen molar-refractivity contribution in [1.29, 1.82) is 0 Å². The minimum atomic E-state index is -1.07. The molecule has 0 bridgehead atoms. The molecule has 2 aliphatic rings. The van der Waals surface area contributed by atoms with Gasteiger partial charge in [-0.15, -0.1) is 0 Å². The van der Waals surface area contributed by atoms with Gasteiger partial charge in [-0.2, -0.15) is 0 Å². The van der Waals surface area contributed by atoms with Crippen LogP contribution in [0.5, 0.6) is 0 Å². The van der Waals surface area contributed by atoms with Crippen molar-refractivity contribution in [2.24, 2.45) is 11.8 Å². The summed E-state index contributed by atoms with van der Waals surface area (Å²) >= 11 is 5.95. The average molecular weight is 363 g/mol. The van der Waals surface area contributed by atoms with Crippen LogP contribution in [-0.4, -0.2) is 40.2 Å². The van der Waals surface area contributed by atoms with Crippen LogP contribution in [-0.2, 0) is 14.4 Å². The van der Waals surface area contributed by atoms with Crippen LogP contribution < -0.4 is 5.32 Å². The zero-order valence-electron chi connectivity index (χ0n) is 13.1. The van der Waals surface area contributed by atoms with Crippen LogP contribution in [0.15, 0.2) is 35.4 Å². The number of hydrogen-bond acceptors (Lipinski definition) is 4. The van der Waals surface area contributed by atoms with Gasteiger partial charge in [-0.25, -0.2) is 4.79 Å². The molecule has 2 N–H and O–H groups in total. The number of aromatic carboxylic acids is 1. The van der Waals surface area contributed by atoms with Gasteiger partial charge in [0, 0.05) is 10.7 Å². The van der Waals surface area contributed by atoms with Gasteiger partial charge in [-0.1, -0.05) is 17.7 Å². The first-order valence-corrected chi connectivity index (χ1v) is 8.07. The van der Waals surface area contributed by atoms with Gasteiger partial charge in [0.1, 0.15) is 6.54 Å². The van der Waals surface area contributed by atoms with E-state index in [9.17, 15) is 19.2 Å². The number of rotatable bonds is 4. The van der Waals surface area contributed by atoms with Crippen molar-refractivity contribution in [3.63, 3.8) is 0 Å². The number of nitrogens with one attached hydrogen (secondary N) is 1. The Morgan fingerprint density at radius 1 is 1.16 bits per heavy atom. The second kappa shape index (κ2) is 6.68. The van der Waals surface area contributed by atoms with Gasteiger partial charge in [0.05, 0.1) is 17.4 Å². The van der Waals surface area contributed by atoms with Gasteiger partial charge < -0.3 is 10.4 Å². The van der Waals surface area contributed by atoms with E-state index in [1.807, 2.05) is 0 Å². The number of carbonyl (C=O) groups excluding carboxylic acids is 3. The van der Waals surface area contributed by atoms with E-state index < -0.39 is 23.7 Å². The molecule has 1 heterocycles. The number of allylic oxidation sites excluding steroid dienone is 2. The molecule has 0 spiro atoms. The van der Waals surface area contributed by atoms with Gasteiger partial charge in [-0.05, 0) is 37.1 Å². The zero-order valence-corrected chi connectivity index (χ0v) is 13.8. The number of hydrogen-bond donors (Lipinski definition) is 2. The molecule has 1 aliphatic carbocycles. The Kier molecular flexibility index (Phi) is 4.59. The van der Waals surface area contributed by atoms with Crippen LogP contribution in [0.4, 0.5) is 5.69 Å². The summed E-state index contributed by atoms with van der Waals surface area (Å²) in [5.41, 5.74) is 0.479. The van der Waals surface area contributed by atoms with Crippen molar-refractivity contribution in [3.8, 4) is 0 Å². The molecule has 25 heavy (non-hydrogen) atoms. The Hall–Kier alpha value is -2.67. The third-order valence-corrected chi connectivity index (χ3v) is 4.69. The quantitative estimate of drug-likeness (QED) is 0.795. The lowest BCUT2D eigenvalue weighted by molar-refractivity contribution is -0.142. The number of imide groups is 1. The lowest BCUT2D eigenvalue weighted by Crippen LogP contribution is -2.38. The molecule has 1 aliphatic heterocycles. The fourth-order valence-corrected chi connectivity index (χ4v) is 3.35. The number of carboxylic acid groups (broad SMARTS) is 1. The number of carboxylic acids is 1. The topological polar surface area (TPSA) is 104 Å². The molecular formula is C17H15ClN2O5. The first-order chi connectivity index (χ1) is 11.9. The molecular weight excluding hydrogens is 348 g/mol. The highest BCUT2D eigenvalue weighted by Crippen LogP contribution is 2.38. The fourth-order valence-electron chi connectivity index (χ4n) is 3.09. The Morgan fingerprint density at radius 2 is 1.80 bits per heavy atom. The Labute approximate surface area is 148 Å². The third-order valence-electron chi connectivity index (χ3n) is 4.38. The van der Waals surface area contributed by atoms with Crippen molar-refractivity contribution >= 4 is 41.0 Å². The van der Waals surface area contributed by atoms with Crippen LogP contribution in [0.25, 0.3) is 0 Å². The summed E-state index contributed by atoms with van der Waals surface area (Å²) in [5, 5.41) is 12.0. The highest BCUT2D eigenvalue weighted by molar-refractivity contribution is 6.30. The van der Waals surface area contributed by atoms with Crippen LogP contribution in [0.2, 0.25) is 0 Å². The molecule has 1 fully saturated rings. The van der Waals surface area contributed by atoms with Crippen molar-refractivity contribution < 1.29 is 24.3 Å². The number of anilines is 1. The summed E-state index contributed by atoms with van der Waals surface area (Å²) in [6, 6.07) is 5.59. The number of benzene rings is 1. The number of carbonyl (C=O) groups is 4. The van der Waals surface area contributed by atoms with E-state index in [1.165, 1.54) is 24.3 Å². The molecule has 8 heteroatoms. The Bertz CT molecular complexity index is 787. The van der Waals surface area contributed by atoms with Gasteiger partial charge in [0.15, 0.2) is 0 Å². The molecule has 3 amide bonds. The maximum absolute atomic E-state index is 12.4. The molecule has 130 valence electrons. The van der Waals surface area contributed by atoms with E-state index in [1.54, 1.807) is 6.08 Å². The monoisotopic (exact) mass is 362 g/mol.